The summed E-state index contributed by atoms with van der Waals surface area (Å²) in [5.41, 5.74) is 3.10. The molecule has 1 aliphatic carbocycles. The van der Waals surface area contributed by atoms with Crippen molar-refractivity contribution in [3.63, 3.8) is 0 Å². The van der Waals surface area contributed by atoms with Crippen LogP contribution in [0.25, 0.3) is 0 Å². The number of nitrogens with one attached hydrogen (secondary N) is 2. The predicted octanol–water partition coefficient (Wildman–Crippen LogP) is 4.19. The maximum Gasteiger partial charge on any atom is 0.221 e. The fourth-order valence-electron chi connectivity index (χ4n) is 3.34. The summed E-state index contributed by atoms with van der Waals surface area (Å²) < 4.78 is 0. The highest BCUT2D eigenvalue weighted by Crippen LogP contribution is 2.31. The molecule has 2 unspecified atom stereocenters. The number of hydrogen-bond acceptors (Lipinski definition) is 2. The molecule has 1 aromatic carbocycles. The lowest BCUT2D eigenvalue weighted by atomic mass is 9.80. The molecule has 1 fully saturated rings. The summed E-state index contributed by atoms with van der Waals surface area (Å²) in [5.74, 6) is 1.55. The molecule has 3 nitrogen and oxygen atoms in total. The average molecular weight is 274 g/mol. The smallest absolute Gasteiger partial charge is 0.221 e. The summed E-state index contributed by atoms with van der Waals surface area (Å²) in [6.45, 7) is 8.23. The Morgan fingerprint density at radius 1 is 1.15 bits per heavy atom. The van der Waals surface area contributed by atoms with Gasteiger partial charge >= 0.3 is 0 Å². The number of anilines is 2. The summed E-state index contributed by atoms with van der Waals surface area (Å²) in [6, 6.07) is 6.75. The Morgan fingerprint density at radius 3 is 2.40 bits per heavy atom. The van der Waals surface area contributed by atoms with E-state index in [2.05, 4.69) is 36.6 Å². The van der Waals surface area contributed by atoms with Crippen molar-refractivity contribution in [2.24, 2.45) is 11.8 Å². The lowest BCUT2D eigenvalue weighted by molar-refractivity contribution is -0.114. The van der Waals surface area contributed by atoms with E-state index in [0.717, 1.165) is 28.8 Å². The largest absolute Gasteiger partial charge is 0.382 e. The molecule has 3 heteroatoms. The molecule has 1 saturated carbocycles. The van der Waals surface area contributed by atoms with Crippen molar-refractivity contribution in [3.05, 3.63) is 23.8 Å². The monoisotopic (exact) mass is 274 g/mol. The van der Waals surface area contributed by atoms with E-state index >= 15 is 0 Å². The quantitative estimate of drug-likeness (QED) is 0.867. The molecular weight excluding hydrogens is 248 g/mol. The number of amides is 1. The molecule has 0 aliphatic heterocycles. The van der Waals surface area contributed by atoms with E-state index in [1.165, 1.54) is 19.3 Å². The van der Waals surface area contributed by atoms with Crippen molar-refractivity contribution in [2.45, 2.75) is 53.0 Å². The van der Waals surface area contributed by atoms with Gasteiger partial charge in [0.05, 0.1) is 0 Å². The molecule has 1 aromatic rings. The van der Waals surface area contributed by atoms with Gasteiger partial charge in [0, 0.05) is 24.3 Å². The summed E-state index contributed by atoms with van der Waals surface area (Å²) in [5, 5.41) is 6.52. The van der Waals surface area contributed by atoms with Crippen LogP contribution >= 0.6 is 0 Å². The highest BCUT2D eigenvalue weighted by molar-refractivity contribution is 5.90. The molecule has 2 rings (SSSR count). The van der Waals surface area contributed by atoms with Crippen LogP contribution in [0.3, 0.4) is 0 Å². The standard InChI is InChI=1S/C17H26N2O/c1-11-7-12(2)9-16(8-11)19-15-6-5-13(3)17(10-15)18-14(4)20/h5-6,10-12,16,19H,7-9H2,1-4H3,(H,18,20). The van der Waals surface area contributed by atoms with Gasteiger partial charge in [0.15, 0.2) is 0 Å². The van der Waals surface area contributed by atoms with E-state index < -0.39 is 0 Å². The van der Waals surface area contributed by atoms with E-state index in [1.54, 1.807) is 6.92 Å². The van der Waals surface area contributed by atoms with Crippen molar-refractivity contribution in [1.82, 2.24) is 0 Å². The lowest BCUT2D eigenvalue weighted by Crippen LogP contribution is -2.30. The molecule has 110 valence electrons. The van der Waals surface area contributed by atoms with E-state index in [0.29, 0.717) is 6.04 Å². The minimum atomic E-state index is -0.0230. The van der Waals surface area contributed by atoms with Crippen molar-refractivity contribution < 1.29 is 4.79 Å². The molecule has 1 amide bonds. The van der Waals surface area contributed by atoms with Crippen LogP contribution in [-0.4, -0.2) is 11.9 Å². The number of rotatable bonds is 3. The molecule has 0 aromatic heterocycles. The lowest BCUT2D eigenvalue weighted by Gasteiger charge is -2.32. The Morgan fingerprint density at radius 2 is 1.80 bits per heavy atom. The molecule has 0 spiro atoms. The Hall–Kier alpha value is -1.51. The first-order chi connectivity index (χ1) is 9.44. The van der Waals surface area contributed by atoms with Gasteiger partial charge in [-0.15, -0.1) is 0 Å². The van der Waals surface area contributed by atoms with E-state index in [4.69, 9.17) is 0 Å². The minimum Gasteiger partial charge on any atom is -0.382 e. The van der Waals surface area contributed by atoms with Gasteiger partial charge in [-0.25, -0.2) is 0 Å². The van der Waals surface area contributed by atoms with Crippen molar-refractivity contribution >= 4 is 17.3 Å². The SMILES string of the molecule is CC(=O)Nc1cc(NC2CC(C)CC(C)C2)ccc1C. The van der Waals surface area contributed by atoms with Crippen LogP contribution in [0.5, 0.6) is 0 Å². The van der Waals surface area contributed by atoms with Crippen molar-refractivity contribution in [1.29, 1.82) is 0 Å². The van der Waals surface area contributed by atoms with Gasteiger partial charge in [-0.3, -0.25) is 4.79 Å². The van der Waals surface area contributed by atoms with Crippen LogP contribution < -0.4 is 10.6 Å². The number of aryl methyl sites for hydroxylation is 1. The van der Waals surface area contributed by atoms with Gasteiger partial charge in [-0.05, 0) is 55.7 Å². The Balaban J connectivity index is 2.07. The molecule has 1 aliphatic rings. The van der Waals surface area contributed by atoms with Crippen LogP contribution in [0.4, 0.5) is 11.4 Å². The van der Waals surface area contributed by atoms with Crippen molar-refractivity contribution in [3.8, 4) is 0 Å². The minimum absolute atomic E-state index is 0.0230. The van der Waals surface area contributed by atoms with Crippen LogP contribution in [0.2, 0.25) is 0 Å². The van der Waals surface area contributed by atoms with Crippen LogP contribution in [0.1, 0.15) is 45.6 Å². The average Bonchev–Trinajstić information content (AvgIpc) is 2.31. The number of benzene rings is 1. The van der Waals surface area contributed by atoms with Gasteiger partial charge in [0.2, 0.25) is 5.91 Å². The third kappa shape index (κ3) is 3.99. The first-order valence-corrected chi connectivity index (χ1v) is 7.59. The summed E-state index contributed by atoms with van der Waals surface area (Å²) >= 11 is 0. The molecule has 0 saturated heterocycles. The van der Waals surface area contributed by atoms with Crippen LogP contribution in [0.15, 0.2) is 18.2 Å². The summed E-state index contributed by atoms with van der Waals surface area (Å²) in [7, 11) is 0. The van der Waals surface area contributed by atoms with Crippen molar-refractivity contribution in [2.75, 3.05) is 10.6 Å². The second-order valence-corrected chi connectivity index (χ2v) is 6.47. The topological polar surface area (TPSA) is 41.1 Å². The third-order valence-corrected chi connectivity index (χ3v) is 4.10. The normalized spacial score (nSPS) is 26.1. The zero-order valence-corrected chi connectivity index (χ0v) is 13.0. The predicted molar refractivity (Wildman–Crippen MR) is 85.1 cm³/mol. The van der Waals surface area contributed by atoms with Crippen LogP contribution in [-0.2, 0) is 4.79 Å². The van der Waals surface area contributed by atoms with Gasteiger partial charge in [-0.2, -0.15) is 0 Å². The highest BCUT2D eigenvalue weighted by atomic mass is 16.1. The van der Waals surface area contributed by atoms with E-state index in [9.17, 15) is 4.79 Å². The third-order valence-electron chi connectivity index (χ3n) is 4.10. The fraction of sp³-hybridized carbons (Fsp3) is 0.588. The molecule has 20 heavy (non-hydrogen) atoms. The second-order valence-electron chi connectivity index (χ2n) is 6.47. The summed E-state index contributed by atoms with van der Waals surface area (Å²) in [6.07, 6.45) is 3.80. The fourth-order valence-corrected chi connectivity index (χ4v) is 3.34. The molecule has 0 heterocycles. The highest BCUT2D eigenvalue weighted by Gasteiger charge is 2.23. The Kier molecular flexibility index (Phi) is 4.69. The second kappa shape index (κ2) is 6.29. The van der Waals surface area contributed by atoms with Gasteiger partial charge in [-0.1, -0.05) is 19.9 Å². The van der Waals surface area contributed by atoms with Gasteiger partial charge in [0.25, 0.3) is 0 Å². The van der Waals surface area contributed by atoms with Crippen LogP contribution in [0, 0.1) is 18.8 Å². The van der Waals surface area contributed by atoms with Gasteiger partial charge < -0.3 is 10.6 Å². The summed E-state index contributed by atoms with van der Waals surface area (Å²) in [4.78, 5) is 11.2. The Bertz CT molecular complexity index is 474. The zero-order valence-electron chi connectivity index (χ0n) is 13.0. The maximum atomic E-state index is 11.2. The van der Waals surface area contributed by atoms with E-state index in [-0.39, 0.29) is 5.91 Å². The number of hydrogen-bond donors (Lipinski definition) is 2. The first kappa shape index (κ1) is 14.9. The number of carbonyl (C=O) groups excluding carboxylic acids is 1. The first-order valence-electron chi connectivity index (χ1n) is 7.59. The molecule has 0 radical (unpaired) electrons. The molecular formula is C17H26N2O. The Labute approximate surface area is 122 Å². The molecule has 2 N–H and O–H groups in total. The van der Waals surface area contributed by atoms with E-state index in [1.807, 2.05) is 13.0 Å². The maximum absolute atomic E-state index is 11.2. The van der Waals surface area contributed by atoms with Gasteiger partial charge in [0.1, 0.15) is 0 Å². The zero-order chi connectivity index (χ0) is 14.7. The number of carbonyl (C=O) groups is 1. The molecule has 0 bridgehead atoms. The molecule has 2 atom stereocenters.